The minimum Gasteiger partial charge on any atom is -0.144 e. The average molecular weight is 331 g/mol. The Hall–Kier alpha value is 0.180. The van der Waals surface area contributed by atoms with Crippen molar-refractivity contribution in [3.8, 4) is 0 Å². The van der Waals surface area contributed by atoms with Crippen molar-refractivity contribution in [3.63, 3.8) is 0 Å². The molecule has 0 spiro atoms. The van der Waals surface area contributed by atoms with Gasteiger partial charge in [0, 0.05) is 9.75 Å². The van der Waals surface area contributed by atoms with Crippen molar-refractivity contribution in [1.29, 1.82) is 0 Å². The standard InChI is InChI=1S/C16H27BrS/c1-6-8-12(9-7-2)15(17)13-10-11-14(18-13)16(3,4)5/h10-12,15H,6-9H2,1-5H3. The fourth-order valence-corrected chi connectivity index (χ4v) is 4.41. The highest BCUT2D eigenvalue weighted by Crippen LogP contribution is 2.42. The number of hydrogen-bond acceptors (Lipinski definition) is 1. The van der Waals surface area contributed by atoms with Gasteiger partial charge in [-0.15, -0.1) is 11.3 Å². The van der Waals surface area contributed by atoms with Crippen molar-refractivity contribution in [3.05, 3.63) is 21.9 Å². The lowest BCUT2D eigenvalue weighted by Gasteiger charge is -2.21. The molecule has 0 aliphatic heterocycles. The highest BCUT2D eigenvalue weighted by Gasteiger charge is 2.23. The van der Waals surface area contributed by atoms with Crippen LogP contribution >= 0.6 is 27.3 Å². The van der Waals surface area contributed by atoms with Crippen LogP contribution in [0.5, 0.6) is 0 Å². The summed E-state index contributed by atoms with van der Waals surface area (Å²) in [6.45, 7) is 11.5. The van der Waals surface area contributed by atoms with Crippen LogP contribution in [0.3, 0.4) is 0 Å². The Morgan fingerprint density at radius 2 is 1.67 bits per heavy atom. The van der Waals surface area contributed by atoms with E-state index in [-0.39, 0.29) is 5.41 Å². The predicted octanol–water partition coefficient (Wildman–Crippen LogP) is 6.70. The molecule has 1 rings (SSSR count). The quantitative estimate of drug-likeness (QED) is 0.509. The van der Waals surface area contributed by atoms with Crippen LogP contribution in [0, 0.1) is 5.92 Å². The molecule has 0 aromatic carbocycles. The van der Waals surface area contributed by atoms with Gasteiger partial charge in [0.15, 0.2) is 0 Å². The molecule has 1 heterocycles. The molecule has 0 bridgehead atoms. The van der Waals surface area contributed by atoms with Gasteiger partial charge in [0.1, 0.15) is 0 Å². The molecule has 2 heteroatoms. The van der Waals surface area contributed by atoms with Gasteiger partial charge < -0.3 is 0 Å². The van der Waals surface area contributed by atoms with Gasteiger partial charge >= 0.3 is 0 Å². The van der Waals surface area contributed by atoms with E-state index in [0.717, 1.165) is 5.92 Å². The van der Waals surface area contributed by atoms with Gasteiger partial charge in [-0.2, -0.15) is 0 Å². The molecule has 0 aliphatic carbocycles. The lowest BCUT2D eigenvalue weighted by Crippen LogP contribution is -2.08. The first-order valence-corrected chi connectivity index (χ1v) is 8.87. The summed E-state index contributed by atoms with van der Waals surface area (Å²) in [5.74, 6) is 0.784. The molecule has 1 aromatic heterocycles. The SMILES string of the molecule is CCCC(CCC)C(Br)c1ccc(C(C)(C)C)s1. The Balaban J connectivity index is 2.81. The summed E-state index contributed by atoms with van der Waals surface area (Å²) in [6.07, 6.45) is 5.22. The number of thiophene rings is 1. The largest absolute Gasteiger partial charge is 0.144 e. The molecule has 1 atom stereocenters. The molecule has 18 heavy (non-hydrogen) atoms. The summed E-state index contributed by atoms with van der Waals surface area (Å²) in [6, 6.07) is 4.63. The summed E-state index contributed by atoms with van der Waals surface area (Å²) in [4.78, 5) is 3.54. The summed E-state index contributed by atoms with van der Waals surface area (Å²) in [5, 5.41) is 0. The van der Waals surface area contributed by atoms with Crippen molar-refractivity contribution in [1.82, 2.24) is 0 Å². The van der Waals surface area contributed by atoms with Crippen LogP contribution in [0.4, 0.5) is 0 Å². The molecule has 1 unspecified atom stereocenters. The van der Waals surface area contributed by atoms with E-state index >= 15 is 0 Å². The first kappa shape index (κ1) is 16.2. The first-order valence-electron chi connectivity index (χ1n) is 7.14. The molecule has 0 nitrogen and oxygen atoms in total. The van der Waals surface area contributed by atoms with Crippen molar-refractivity contribution >= 4 is 27.3 Å². The lowest BCUT2D eigenvalue weighted by molar-refractivity contribution is 0.438. The summed E-state index contributed by atoms with van der Waals surface area (Å²) < 4.78 is 0. The highest BCUT2D eigenvalue weighted by atomic mass is 79.9. The predicted molar refractivity (Wildman–Crippen MR) is 88.0 cm³/mol. The molecule has 0 aliphatic rings. The zero-order chi connectivity index (χ0) is 13.8. The van der Waals surface area contributed by atoms with Crippen LogP contribution in [0.15, 0.2) is 12.1 Å². The van der Waals surface area contributed by atoms with Gasteiger partial charge in [-0.05, 0) is 36.3 Å². The summed E-state index contributed by atoms with van der Waals surface area (Å²) in [7, 11) is 0. The maximum atomic E-state index is 3.94. The molecular formula is C16H27BrS. The topological polar surface area (TPSA) is 0 Å². The smallest absolute Gasteiger partial charge is 0.0517 e. The number of halogens is 1. The second kappa shape index (κ2) is 7.09. The molecule has 0 saturated carbocycles. The van der Waals surface area contributed by atoms with Crippen molar-refractivity contribution in [2.24, 2.45) is 5.92 Å². The molecule has 0 amide bonds. The number of alkyl halides is 1. The molecule has 104 valence electrons. The molecular weight excluding hydrogens is 304 g/mol. The maximum Gasteiger partial charge on any atom is 0.0517 e. The number of rotatable bonds is 6. The summed E-state index contributed by atoms with van der Waals surface area (Å²) >= 11 is 5.93. The van der Waals surface area contributed by atoms with E-state index in [2.05, 4.69) is 62.7 Å². The van der Waals surface area contributed by atoms with Gasteiger partial charge in [-0.1, -0.05) is 63.4 Å². The molecule has 1 aromatic rings. The van der Waals surface area contributed by atoms with Crippen LogP contribution in [0.25, 0.3) is 0 Å². The third-order valence-corrected chi connectivity index (χ3v) is 6.51. The van der Waals surface area contributed by atoms with Crippen LogP contribution in [0.1, 0.15) is 74.9 Å². The van der Waals surface area contributed by atoms with Crippen LogP contribution in [-0.4, -0.2) is 0 Å². The zero-order valence-corrected chi connectivity index (χ0v) is 14.8. The van der Waals surface area contributed by atoms with Gasteiger partial charge in [0.25, 0.3) is 0 Å². The minimum absolute atomic E-state index is 0.278. The molecule has 0 N–H and O–H groups in total. The normalized spacial score (nSPS) is 14.2. The van der Waals surface area contributed by atoms with E-state index in [0.29, 0.717) is 4.83 Å². The van der Waals surface area contributed by atoms with Crippen molar-refractivity contribution in [2.45, 2.75) is 70.5 Å². The Labute approximate surface area is 125 Å². The third kappa shape index (κ3) is 4.38. The minimum atomic E-state index is 0.278. The second-order valence-corrected chi connectivity index (χ2v) is 8.29. The second-order valence-electron chi connectivity index (χ2n) is 6.19. The van der Waals surface area contributed by atoms with Gasteiger partial charge in [0.05, 0.1) is 4.83 Å². The van der Waals surface area contributed by atoms with Gasteiger partial charge in [-0.3, -0.25) is 0 Å². The molecule has 0 radical (unpaired) electrons. The third-order valence-electron chi connectivity index (χ3n) is 3.37. The Bertz CT molecular complexity index is 342. The molecule has 0 fully saturated rings. The van der Waals surface area contributed by atoms with E-state index in [1.54, 1.807) is 0 Å². The lowest BCUT2D eigenvalue weighted by atomic mass is 9.93. The summed E-state index contributed by atoms with van der Waals surface area (Å²) in [5.41, 5.74) is 0.278. The van der Waals surface area contributed by atoms with Crippen LogP contribution in [-0.2, 0) is 5.41 Å². The Morgan fingerprint density at radius 3 is 2.06 bits per heavy atom. The van der Waals surface area contributed by atoms with E-state index in [9.17, 15) is 0 Å². The van der Waals surface area contributed by atoms with E-state index in [1.165, 1.54) is 35.4 Å². The van der Waals surface area contributed by atoms with Gasteiger partial charge in [0.2, 0.25) is 0 Å². The monoisotopic (exact) mass is 330 g/mol. The van der Waals surface area contributed by atoms with Gasteiger partial charge in [-0.25, -0.2) is 0 Å². The fourth-order valence-electron chi connectivity index (χ4n) is 2.32. The van der Waals surface area contributed by atoms with Crippen LogP contribution < -0.4 is 0 Å². The Morgan fingerprint density at radius 1 is 1.11 bits per heavy atom. The molecule has 0 saturated heterocycles. The maximum absolute atomic E-state index is 3.94. The number of hydrogen-bond donors (Lipinski definition) is 0. The van der Waals surface area contributed by atoms with Crippen LogP contribution in [0.2, 0.25) is 0 Å². The van der Waals surface area contributed by atoms with E-state index in [1.807, 2.05) is 11.3 Å². The Kier molecular flexibility index (Phi) is 6.40. The fraction of sp³-hybridized carbons (Fsp3) is 0.750. The van der Waals surface area contributed by atoms with E-state index < -0.39 is 0 Å². The highest BCUT2D eigenvalue weighted by molar-refractivity contribution is 9.09. The zero-order valence-electron chi connectivity index (χ0n) is 12.4. The van der Waals surface area contributed by atoms with E-state index in [4.69, 9.17) is 0 Å². The van der Waals surface area contributed by atoms with Crippen molar-refractivity contribution in [2.75, 3.05) is 0 Å². The average Bonchev–Trinajstić information content (AvgIpc) is 2.76. The van der Waals surface area contributed by atoms with Crippen molar-refractivity contribution < 1.29 is 0 Å². The first-order chi connectivity index (χ1) is 8.40.